The maximum Gasteiger partial charge on any atom is 0.129 e. The van der Waals surface area contributed by atoms with Crippen molar-refractivity contribution in [1.82, 2.24) is 5.32 Å². The van der Waals surface area contributed by atoms with E-state index in [0.717, 1.165) is 37.1 Å². The van der Waals surface area contributed by atoms with Crippen molar-refractivity contribution in [1.29, 1.82) is 0 Å². The monoisotopic (exact) mass is 279 g/mol. The fourth-order valence-electron chi connectivity index (χ4n) is 2.45. The van der Waals surface area contributed by atoms with E-state index >= 15 is 0 Å². The average molecular weight is 279 g/mol. The van der Waals surface area contributed by atoms with Gasteiger partial charge in [-0.15, -0.1) is 0 Å². The smallest absolute Gasteiger partial charge is 0.129 e. The van der Waals surface area contributed by atoms with E-state index in [2.05, 4.69) is 33.0 Å². The molecule has 0 radical (unpaired) electrons. The highest BCUT2D eigenvalue weighted by atomic mass is 19.1. The summed E-state index contributed by atoms with van der Waals surface area (Å²) in [5.41, 5.74) is 3.04. The van der Waals surface area contributed by atoms with Gasteiger partial charge in [0.2, 0.25) is 0 Å². The van der Waals surface area contributed by atoms with Crippen molar-refractivity contribution < 1.29 is 4.39 Å². The third kappa shape index (κ3) is 5.62. The SMILES string of the molecule is Cc1cc(CCC(C)(C)CNCC(C)C)cc(C)c1F. The Morgan fingerprint density at radius 3 is 2.20 bits per heavy atom. The minimum Gasteiger partial charge on any atom is -0.316 e. The first kappa shape index (κ1) is 17.2. The molecule has 0 amide bonds. The van der Waals surface area contributed by atoms with Gasteiger partial charge in [0.05, 0.1) is 0 Å². The van der Waals surface area contributed by atoms with Gasteiger partial charge in [0.15, 0.2) is 0 Å². The van der Waals surface area contributed by atoms with E-state index in [4.69, 9.17) is 0 Å². The lowest BCUT2D eigenvalue weighted by Gasteiger charge is -2.26. The van der Waals surface area contributed by atoms with Crippen LogP contribution in [0.2, 0.25) is 0 Å². The fourth-order valence-corrected chi connectivity index (χ4v) is 2.45. The third-order valence-corrected chi connectivity index (χ3v) is 3.74. The van der Waals surface area contributed by atoms with Gasteiger partial charge in [-0.1, -0.05) is 39.8 Å². The Kier molecular flexibility index (Phi) is 6.19. The van der Waals surface area contributed by atoms with Gasteiger partial charge >= 0.3 is 0 Å². The van der Waals surface area contributed by atoms with Crippen molar-refractivity contribution >= 4 is 0 Å². The molecule has 0 bridgehead atoms. The van der Waals surface area contributed by atoms with Crippen LogP contribution in [0.25, 0.3) is 0 Å². The molecule has 1 nitrogen and oxygen atoms in total. The average Bonchev–Trinajstić information content (AvgIpc) is 2.32. The maximum atomic E-state index is 13.6. The molecule has 1 N–H and O–H groups in total. The van der Waals surface area contributed by atoms with Crippen molar-refractivity contribution in [3.05, 3.63) is 34.6 Å². The molecule has 0 aliphatic carbocycles. The van der Waals surface area contributed by atoms with E-state index in [-0.39, 0.29) is 11.2 Å². The van der Waals surface area contributed by atoms with Crippen LogP contribution in [0.3, 0.4) is 0 Å². The first-order chi connectivity index (χ1) is 9.21. The Morgan fingerprint density at radius 2 is 1.70 bits per heavy atom. The second kappa shape index (κ2) is 7.21. The maximum absolute atomic E-state index is 13.6. The number of hydrogen-bond acceptors (Lipinski definition) is 1. The molecule has 0 aliphatic rings. The third-order valence-electron chi connectivity index (χ3n) is 3.74. The second-order valence-electron chi connectivity index (χ2n) is 7.23. The molecular weight excluding hydrogens is 249 g/mol. The summed E-state index contributed by atoms with van der Waals surface area (Å²) >= 11 is 0. The first-order valence-corrected chi connectivity index (χ1v) is 7.67. The molecule has 2 heteroatoms. The van der Waals surface area contributed by atoms with Gasteiger partial charge in [0.1, 0.15) is 5.82 Å². The van der Waals surface area contributed by atoms with Gasteiger partial charge in [0.25, 0.3) is 0 Å². The van der Waals surface area contributed by atoms with Crippen LogP contribution in [0.4, 0.5) is 4.39 Å². The summed E-state index contributed by atoms with van der Waals surface area (Å²) in [7, 11) is 0. The molecule has 0 aliphatic heterocycles. The predicted molar refractivity (Wildman–Crippen MR) is 85.7 cm³/mol. The zero-order valence-corrected chi connectivity index (χ0v) is 13.9. The number of benzene rings is 1. The summed E-state index contributed by atoms with van der Waals surface area (Å²) in [6.07, 6.45) is 2.13. The van der Waals surface area contributed by atoms with Crippen LogP contribution in [-0.2, 0) is 6.42 Å². The number of halogens is 1. The molecule has 0 aromatic heterocycles. The molecule has 0 spiro atoms. The highest BCUT2D eigenvalue weighted by Gasteiger charge is 2.17. The van der Waals surface area contributed by atoms with Crippen LogP contribution >= 0.6 is 0 Å². The summed E-state index contributed by atoms with van der Waals surface area (Å²) < 4.78 is 13.6. The van der Waals surface area contributed by atoms with E-state index < -0.39 is 0 Å². The molecule has 0 heterocycles. The molecule has 0 saturated heterocycles. The normalized spacial score (nSPS) is 12.2. The lowest BCUT2D eigenvalue weighted by molar-refractivity contribution is 0.308. The first-order valence-electron chi connectivity index (χ1n) is 7.67. The quantitative estimate of drug-likeness (QED) is 0.766. The van der Waals surface area contributed by atoms with Gasteiger partial charge in [-0.3, -0.25) is 0 Å². The van der Waals surface area contributed by atoms with E-state index in [1.807, 2.05) is 26.0 Å². The Labute approximate surface area is 124 Å². The van der Waals surface area contributed by atoms with Crippen LogP contribution < -0.4 is 5.32 Å². The molecule has 1 aromatic carbocycles. The molecule has 1 rings (SSSR count). The summed E-state index contributed by atoms with van der Waals surface area (Å²) in [6.45, 7) is 14.8. The van der Waals surface area contributed by atoms with E-state index in [1.165, 1.54) is 5.56 Å². The van der Waals surface area contributed by atoms with Crippen molar-refractivity contribution in [2.45, 2.75) is 54.4 Å². The van der Waals surface area contributed by atoms with Gasteiger partial charge in [-0.25, -0.2) is 4.39 Å². The Hall–Kier alpha value is -0.890. The Bertz CT molecular complexity index is 412. The van der Waals surface area contributed by atoms with Crippen LogP contribution in [-0.4, -0.2) is 13.1 Å². The van der Waals surface area contributed by atoms with Crippen LogP contribution in [0, 0.1) is 31.0 Å². The fraction of sp³-hybridized carbons (Fsp3) is 0.667. The van der Waals surface area contributed by atoms with Crippen molar-refractivity contribution in [3.63, 3.8) is 0 Å². The van der Waals surface area contributed by atoms with E-state index in [1.54, 1.807) is 0 Å². The predicted octanol–water partition coefficient (Wildman–Crippen LogP) is 4.65. The summed E-state index contributed by atoms with van der Waals surface area (Å²) in [5.74, 6) is 0.625. The minimum absolute atomic E-state index is 0.0633. The largest absolute Gasteiger partial charge is 0.316 e. The Balaban J connectivity index is 2.53. The Morgan fingerprint density at radius 1 is 1.15 bits per heavy atom. The molecule has 1 aromatic rings. The van der Waals surface area contributed by atoms with Gasteiger partial charge in [0, 0.05) is 6.54 Å². The number of hydrogen-bond donors (Lipinski definition) is 1. The highest BCUT2D eigenvalue weighted by molar-refractivity contribution is 5.30. The lowest BCUT2D eigenvalue weighted by Crippen LogP contribution is -2.32. The second-order valence-corrected chi connectivity index (χ2v) is 7.23. The summed E-state index contributed by atoms with van der Waals surface area (Å²) in [4.78, 5) is 0. The molecule has 114 valence electrons. The van der Waals surface area contributed by atoms with Crippen molar-refractivity contribution in [2.24, 2.45) is 11.3 Å². The highest BCUT2D eigenvalue weighted by Crippen LogP contribution is 2.24. The summed E-state index contributed by atoms with van der Waals surface area (Å²) in [6, 6.07) is 3.97. The lowest BCUT2D eigenvalue weighted by atomic mass is 9.85. The number of nitrogens with one attached hydrogen (secondary N) is 1. The van der Waals surface area contributed by atoms with E-state index in [0.29, 0.717) is 5.92 Å². The molecule has 0 unspecified atom stereocenters. The van der Waals surface area contributed by atoms with E-state index in [9.17, 15) is 4.39 Å². The summed E-state index contributed by atoms with van der Waals surface area (Å²) in [5, 5.41) is 3.53. The molecular formula is C18H30FN. The number of aryl methyl sites for hydroxylation is 3. The van der Waals surface area contributed by atoms with Crippen molar-refractivity contribution in [3.8, 4) is 0 Å². The molecule has 20 heavy (non-hydrogen) atoms. The van der Waals surface area contributed by atoms with Crippen LogP contribution in [0.1, 0.15) is 50.8 Å². The standard InChI is InChI=1S/C18H30FN/c1-13(2)11-20-12-18(5,6)8-7-16-9-14(3)17(19)15(4)10-16/h9-10,13,20H,7-8,11-12H2,1-6H3. The van der Waals surface area contributed by atoms with Crippen molar-refractivity contribution in [2.75, 3.05) is 13.1 Å². The minimum atomic E-state index is -0.0633. The molecule has 0 saturated carbocycles. The topological polar surface area (TPSA) is 12.0 Å². The van der Waals surface area contributed by atoms with Gasteiger partial charge in [-0.05, 0) is 61.3 Å². The zero-order chi connectivity index (χ0) is 15.3. The molecule has 0 fully saturated rings. The number of rotatable bonds is 7. The van der Waals surface area contributed by atoms with Gasteiger partial charge < -0.3 is 5.32 Å². The zero-order valence-electron chi connectivity index (χ0n) is 13.9. The van der Waals surface area contributed by atoms with Crippen LogP contribution in [0.5, 0.6) is 0 Å². The van der Waals surface area contributed by atoms with Gasteiger partial charge in [-0.2, -0.15) is 0 Å². The molecule has 0 atom stereocenters. The van der Waals surface area contributed by atoms with Crippen LogP contribution in [0.15, 0.2) is 12.1 Å².